The van der Waals surface area contributed by atoms with Crippen LogP contribution in [0, 0.1) is 0 Å². The summed E-state index contributed by atoms with van der Waals surface area (Å²) in [5.74, 6) is 0. The second-order valence-electron chi connectivity index (χ2n) is 3.80. The van der Waals surface area contributed by atoms with Crippen molar-refractivity contribution in [2.45, 2.75) is 25.5 Å². The Morgan fingerprint density at radius 3 is 2.65 bits per heavy atom. The molecule has 17 heavy (non-hydrogen) atoms. The monoisotopic (exact) mass is 321 g/mol. The summed E-state index contributed by atoms with van der Waals surface area (Å²) in [5.41, 5.74) is 1.48. The Bertz CT molecular complexity index is 487. The summed E-state index contributed by atoms with van der Waals surface area (Å²) in [7, 11) is -3.52. The smallest absolute Gasteiger partial charge is 0.237 e. The highest BCUT2D eigenvalue weighted by molar-refractivity contribution is 9.10. The van der Waals surface area contributed by atoms with Crippen molar-refractivity contribution in [3.63, 3.8) is 0 Å². The first-order valence-corrected chi connectivity index (χ1v) is 7.65. The molecular formula is C11H16BrNO3S. The van der Waals surface area contributed by atoms with Crippen LogP contribution in [-0.4, -0.2) is 25.4 Å². The van der Waals surface area contributed by atoms with Crippen LogP contribution in [0.3, 0.4) is 0 Å². The van der Waals surface area contributed by atoms with Crippen LogP contribution in [0.2, 0.25) is 0 Å². The number of nitrogens with one attached hydrogen (secondary N) is 1. The lowest BCUT2D eigenvalue weighted by Gasteiger charge is -2.15. The molecule has 0 aliphatic carbocycles. The summed E-state index contributed by atoms with van der Waals surface area (Å²) in [6.45, 7) is 3.02. The highest BCUT2D eigenvalue weighted by atomic mass is 79.9. The molecule has 0 radical (unpaired) electrons. The fourth-order valence-electron chi connectivity index (χ4n) is 1.31. The van der Waals surface area contributed by atoms with Gasteiger partial charge in [0.25, 0.3) is 0 Å². The molecule has 2 N–H and O–H groups in total. The van der Waals surface area contributed by atoms with Gasteiger partial charge in [0.1, 0.15) is 5.25 Å². The van der Waals surface area contributed by atoms with Gasteiger partial charge in [0.15, 0.2) is 0 Å². The minimum Gasteiger partial charge on any atom is -0.395 e. The Morgan fingerprint density at radius 1 is 1.47 bits per heavy atom. The van der Waals surface area contributed by atoms with E-state index in [4.69, 9.17) is 5.11 Å². The number of anilines is 1. The predicted octanol–water partition coefficient (Wildman–Crippen LogP) is 2.13. The fourth-order valence-corrected chi connectivity index (χ4v) is 2.62. The van der Waals surface area contributed by atoms with E-state index in [1.54, 1.807) is 12.1 Å². The second kappa shape index (κ2) is 5.84. The van der Waals surface area contributed by atoms with Gasteiger partial charge in [0, 0.05) is 4.47 Å². The summed E-state index contributed by atoms with van der Waals surface area (Å²) in [6, 6.07) is 5.37. The third-order valence-corrected chi connectivity index (χ3v) is 4.69. The third-order valence-electron chi connectivity index (χ3n) is 2.49. The summed E-state index contributed by atoms with van der Waals surface area (Å²) in [4.78, 5) is 0. The van der Waals surface area contributed by atoms with Gasteiger partial charge >= 0.3 is 0 Å². The van der Waals surface area contributed by atoms with Gasteiger partial charge in [-0.05, 0) is 37.1 Å². The van der Waals surface area contributed by atoms with Crippen LogP contribution < -0.4 is 4.72 Å². The van der Waals surface area contributed by atoms with E-state index in [1.165, 1.54) is 6.92 Å². The Kier molecular flexibility index (Phi) is 4.97. The standard InChI is InChI=1S/C11H16BrNO3S/c1-3-9-6-10(12)4-5-11(9)13-17(15,16)8(2)7-14/h4-6,8,13-14H,3,7H2,1-2H3. The molecule has 1 aromatic carbocycles. The minimum atomic E-state index is -3.52. The number of benzene rings is 1. The van der Waals surface area contributed by atoms with Crippen LogP contribution in [0.15, 0.2) is 22.7 Å². The molecule has 1 unspecified atom stereocenters. The minimum absolute atomic E-state index is 0.396. The molecule has 1 rings (SSSR count). The average Bonchev–Trinajstić information content (AvgIpc) is 2.30. The molecule has 1 aromatic rings. The topological polar surface area (TPSA) is 66.4 Å². The molecular weight excluding hydrogens is 306 g/mol. The van der Waals surface area contributed by atoms with E-state index in [9.17, 15) is 8.42 Å². The number of aliphatic hydroxyl groups is 1. The van der Waals surface area contributed by atoms with Crippen LogP contribution in [0.1, 0.15) is 19.4 Å². The number of aliphatic hydroxyl groups excluding tert-OH is 1. The fraction of sp³-hybridized carbons (Fsp3) is 0.455. The highest BCUT2D eigenvalue weighted by Gasteiger charge is 2.20. The van der Waals surface area contributed by atoms with Gasteiger partial charge in [0.05, 0.1) is 12.3 Å². The molecule has 0 bridgehead atoms. The predicted molar refractivity (Wildman–Crippen MR) is 72.6 cm³/mol. The maximum atomic E-state index is 11.8. The zero-order chi connectivity index (χ0) is 13.1. The summed E-state index contributed by atoms with van der Waals surface area (Å²) >= 11 is 3.34. The maximum absolute atomic E-state index is 11.8. The first-order valence-electron chi connectivity index (χ1n) is 5.31. The van der Waals surface area contributed by atoms with Gasteiger partial charge in [-0.1, -0.05) is 22.9 Å². The van der Waals surface area contributed by atoms with E-state index in [1.807, 2.05) is 13.0 Å². The molecule has 4 nitrogen and oxygen atoms in total. The maximum Gasteiger partial charge on any atom is 0.237 e. The molecule has 0 aromatic heterocycles. The lowest BCUT2D eigenvalue weighted by molar-refractivity contribution is 0.296. The van der Waals surface area contributed by atoms with E-state index >= 15 is 0 Å². The lowest BCUT2D eigenvalue weighted by Crippen LogP contribution is -2.28. The summed E-state index contributed by atoms with van der Waals surface area (Å²) in [5, 5.41) is 8.07. The van der Waals surface area contributed by atoms with E-state index in [0.29, 0.717) is 5.69 Å². The molecule has 6 heteroatoms. The van der Waals surface area contributed by atoms with Crippen molar-refractivity contribution in [2.75, 3.05) is 11.3 Å². The first-order chi connectivity index (χ1) is 7.90. The van der Waals surface area contributed by atoms with Crippen molar-refractivity contribution in [1.82, 2.24) is 0 Å². The van der Waals surface area contributed by atoms with E-state index in [-0.39, 0.29) is 0 Å². The van der Waals surface area contributed by atoms with Crippen LogP contribution in [0.4, 0.5) is 5.69 Å². The van der Waals surface area contributed by atoms with Gasteiger partial charge < -0.3 is 5.11 Å². The third kappa shape index (κ3) is 3.69. The van der Waals surface area contributed by atoms with Crippen LogP contribution in [0.25, 0.3) is 0 Å². The van der Waals surface area contributed by atoms with E-state index in [0.717, 1.165) is 16.5 Å². The molecule has 0 fully saturated rings. The van der Waals surface area contributed by atoms with Crippen molar-refractivity contribution >= 4 is 31.6 Å². The van der Waals surface area contributed by atoms with Gasteiger partial charge in [0.2, 0.25) is 10.0 Å². The van der Waals surface area contributed by atoms with Crippen LogP contribution >= 0.6 is 15.9 Å². The zero-order valence-electron chi connectivity index (χ0n) is 9.77. The summed E-state index contributed by atoms with van der Waals surface area (Å²) < 4.78 is 27.0. The van der Waals surface area contributed by atoms with Crippen molar-refractivity contribution < 1.29 is 13.5 Å². The number of hydrogen-bond donors (Lipinski definition) is 2. The number of hydrogen-bond acceptors (Lipinski definition) is 3. The van der Waals surface area contributed by atoms with E-state index < -0.39 is 21.9 Å². The van der Waals surface area contributed by atoms with Gasteiger partial charge in [-0.3, -0.25) is 4.72 Å². The Balaban J connectivity index is 3.03. The average molecular weight is 322 g/mol. The van der Waals surface area contributed by atoms with Gasteiger partial charge in [-0.2, -0.15) is 0 Å². The lowest BCUT2D eigenvalue weighted by atomic mass is 10.1. The highest BCUT2D eigenvalue weighted by Crippen LogP contribution is 2.23. The first kappa shape index (κ1) is 14.5. The van der Waals surface area contributed by atoms with Crippen molar-refractivity contribution in [2.24, 2.45) is 0 Å². The molecule has 0 saturated carbocycles. The molecule has 0 aliphatic rings. The summed E-state index contributed by atoms with van der Waals surface area (Å²) in [6.07, 6.45) is 0.727. The zero-order valence-corrected chi connectivity index (χ0v) is 12.2. The molecule has 0 saturated heterocycles. The molecule has 96 valence electrons. The SMILES string of the molecule is CCc1cc(Br)ccc1NS(=O)(=O)C(C)CO. The van der Waals surface area contributed by atoms with Crippen LogP contribution in [0.5, 0.6) is 0 Å². The Hall–Kier alpha value is -0.590. The van der Waals surface area contributed by atoms with Gasteiger partial charge in [-0.25, -0.2) is 8.42 Å². The molecule has 0 aliphatic heterocycles. The number of sulfonamides is 1. The number of halogens is 1. The normalized spacial score (nSPS) is 13.4. The number of aryl methyl sites for hydroxylation is 1. The van der Waals surface area contributed by atoms with Crippen LogP contribution in [-0.2, 0) is 16.4 Å². The number of rotatable bonds is 5. The van der Waals surface area contributed by atoms with Crippen molar-refractivity contribution in [3.8, 4) is 0 Å². The van der Waals surface area contributed by atoms with E-state index in [2.05, 4.69) is 20.7 Å². The van der Waals surface area contributed by atoms with Crippen molar-refractivity contribution in [3.05, 3.63) is 28.2 Å². The molecule has 0 heterocycles. The second-order valence-corrected chi connectivity index (χ2v) is 6.81. The van der Waals surface area contributed by atoms with Gasteiger partial charge in [-0.15, -0.1) is 0 Å². The Morgan fingerprint density at radius 2 is 2.12 bits per heavy atom. The Labute approximate surface area is 110 Å². The molecule has 1 atom stereocenters. The molecule has 0 amide bonds. The molecule has 0 spiro atoms. The largest absolute Gasteiger partial charge is 0.395 e. The quantitative estimate of drug-likeness (QED) is 0.873. The van der Waals surface area contributed by atoms with Crippen molar-refractivity contribution in [1.29, 1.82) is 0 Å².